The van der Waals surface area contributed by atoms with Gasteiger partial charge in [0.2, 0.25) is 0 Å². The van der Waals surface area contributed by atoms with E-state index in [1.54, 1.807) is 0 Å². The van der Waals surface area contributed by atoms with Gasteiger partial charge in [-0.25, -0.2) is 9.59 Å². The number of aliphatic hydroxyl groups excluding tert-OH is 2. The fraction of sp³-hybridized carbons (Fsp3) is 0.375. The van der Waals surface area contributed by atoms with Crippen LogP contribution in [0.2, 0.25) is 0 Å². The molecule has 0 aromatic carbocycles. The SMILES string of the molecule is O=C(O)[C@H](O)[C@H](O)Cn1ccc(=O)[nH]c1=O. The van der Waals surface area contributed by atoms with Crippen molar-refractivity contribution < 1.29 is 20.1 Å². The average molecular weight is 230 g/mol. The molecule has 0 amide bonds. The van der Waals surface area contributed by atoms with Gasteiger partial charge in [0.15, 0.2) is 6.10 Å². The third-order valence-corrected chi connectivity index (χ3v) is 1.90. The van der Waals surface area contributed by atoms with Gasteiger partial charge in [0.1, 0.15) is 6.10 Å². The number of carboxylic acid groups (broad SMARTS) is 1. The summed E-state index contributed by atoms with van der Waals surface area (Å²) in [7, 11) is 0. The molecule has 8 nitrogen and oxygen atoms in total. The molecule has 0 aliphatic carbocycles. The second kappa shape index (κ2) is 4.73. The highest BCUT2D eigenvalue weighted by molar-refractivity contribution is 5.72. The summed E-state index contributed by atoms with van der Waals surface area (Å²) < 4.78 is 0.887. The molecule has 0 radical (unpaired) electrons. The molecule has 0 saturated heterocycles. The van der Waals surface area contributed by atoms with E-state index in [9.17, 15) is 19.5 Å². The lowest BCUT2D eigenvalue weighted by molar-refractivity contribution is -0.153. The highest BCUT2D eigenvalue weighted by Gasteiger charge is 2.23. The number of aromatic nitrogens is 2. The Morgan fingerprint density at radius 1 is 1.44 bits per heavy atom. The van der Waals surface area contributed by atoms with Gasteiger partial charge in [-0.1, -0.05) is 0 Å². The van der Waals surface area contributed by atoms with E-state index in [1.165, 1.54) is 0 Å². The first-order valence-electron chi connectivity index (χ1n) is 4.30. The smallest absolute Gasteiger partial charge is 0.335 e. The van der Waals surface area contributed by atoms with Crippen molar-refractivity contribution in [1.82, 2.24) is 9.55 Å². The van der Waals surface area contributed by atoms with Crippen LogP contribution in [0.1, 0.15) is 0 Å². The molecule has 0 aliphatic heterocycles. The lowest BCUT2D eigenvalue weighted by Gasteiger charge is -2.14. The lowest BCUT2D eigenvalue weighted by Crippen LogP contribution is -2.40. The zero-order valence-corrected chi connectivity index (χ0v) is 8.03. The first kappa shape index (κ1) is 12.1. The molecule has 2 atom stereocenters. The average Bonchev–Trinajstić information content (AvgIpc) is 2.20. The molecule has 1 aromatic rings. The number of hydrogen-bond acceptors (Lipinski definition) is 5. The van der Waals surface area contributed by atoms with Crippen molar-refractivity contribution >= 4 is 5.97 Å². The van der Waals surface area contributed by atoms with Gasteiger partial charge >= 0.3 is 11.7 Å². The Labute approximate surface area is 88.4 Å². The molecule has 0 bridgehead atoms. The second-order valence-corrected chi connectivity index (χ2v) is 3.11. The Bertz CT molecular complexity index is 490. The number of aromatic amines is 1. The zero-order valence-electron chi connectivity index (χ0n) is 8.03. The van der Waals surface area contributed by atoms with E-state index >= 15 is 0 Å². The molecular formula is C8H10N2O6. The van der Waals surface area contributed by atoms with Crippen LogP contribution in [0.25, 0.3) is 0 Å². The van der Waals surface area contributed by atoms with Crippen LogP contribution in [0.15, 0.2) is 21.9 Å². The van der Waals surface area contributed by atoms with Crippen molar-refractivity contribution in [3.63, 3.8) is 0 Å². The molecule has 8 heteroatoms. The monoisotopic (exact) mass is 230 g/mol. The molecule has 0 saturated carbocycles. The highest BCUT2D eigenvalue weighted by atomic mass is 16.4. The molecule has 1 rings (SSSR count). The minimum absolute atomic E-state index is 0.427. The third-order valence-electron chi connectivity index (χ3n) is 1.90. The van der Waals surface area contributed by atoms with Crippen LogP contribution in [-0.2, 0) is 11.3 Å². The minimum atomic E-state index is -1.99. The summed E-state index contributed by atoms with van der Waals surface area (Å²) in [6.45, 7) is -0.427. The molecule has 0 aliphatic rings. The van der Waals surface area contributed by atoms with Crippen LogP contribution >= 0.6 is 0 Å². The molecule has 1 heterocycles. The van der Waals surface area contributed by atoms with E-state index in [4.69, 9.17) is 10.2 Å². The molecule has 88 valence electrons. The Morgan fingerprint density at radius 3 is 2.56 bits per heavy atom. The second-order valence-electron chi connectivity index (χ2n) is 3.11. The summed E-state index contributed by atoms with van der Waals surface area (Å²) in [4.78, 5) is 34.1. The van der Waals surface area contributed by atoms with E-state index in [2.05, 4.69) is 0 Å². The molecule has 0 fully saturated rings. The third kappa shape index (κ3) is 2.78. The number of nitrogens with one attached hydrogen (secondary N) is 1. The van der Waals surface area contributed by atoms with Crippen LogP contribution in [0.4, 0.5) is 0 Å². The summed E-state index contributed by atoms with van der Waals surface area (Å²) >= 11 is 0. The van der Waals surface area contributed by atoms with Crippen molar-refractivity contribution in [2.24, 2.45) is 0 Å². The van der Waals surface area contributed by atoms with Crippen LogP contribution in [-0.4, -0.2) is 43.0 Å². The molecule has 1 aromatic heterocycles. The number of rotatable bonds is 4. The van der Waals surface area contributed by atoms with Crippen molar-refractivity contribution in [2.75, 3.05) is 0 Å². The predicted molar refractivity (Wildman–Crippen MR) is 51.0 cm³/mol. The quantitative estimate of drug-likeness (QED) is 0.446. The van der Waals surface area contributed by atoms with Gasteiger partial charge < -0.3 is 15.3 Å². The van der Waals surface area contributed by atoms with Crippen LogP contribution in [0.3, 0.4) is 0 Å². The maximum atomic E-state index is 11.1. The summed E-state index contributed by atoms with van der Waals surface area (Å²) in [5.74, 6) is -1.59. The van der Waals surface area contributed by atoms with E-state index in [0.717, 1.165) is 16.8 Å². The van der Waals surface area contributed by atoms with Gasteiger partial charge in [-0.3, -0.25) is 14.3 Å². The molecule has 0 unspecified atom stereocenters. The fourth-order valence-corrected chi connectivity index (χ4v) is 1.05. The van der Waals surface area contributed by atoms with E-state index in [-0.39, 0.29) is 0 Å². The number of carboxylic acids is 1. The van der Waals surface area contributed by atoms with Gasteiger partial charge in [-0.15, -0.1) is 0 Å². The van der Waals surface area contributed by atoms with Crippen LogP contribution in [0.5, 0.6) is 0 Å². The lowest BCUT2D eigenvalue weighted by atomic mass is 10.2. The number of aliphatic carboxylic acids is 1. The predicted octanol–water partition coefficient (Wildman–Crippen LogP) is -2.66. The van der Waals surface area contributed by atoms with Gasteiger partial charge in [0.05, 0.1) is 6.54 Å². The van der Waals surface area contributed by atoms with E-state index in [0.29, 0.717) is 0 Å². The van der Waals surface area contributed by atoms with Crippen molar-refractivity contribution in [3.8, 4) is 0 Å². The molecule has 16 heavy (non-hydrogen) atoms. The standard InChI is InChI=1S/C8H10N2O6/c11-4(6(13)7(14)15)3-10-2-1-5(12)9-8(10)16/h1-2,4,6,11,13H,3H2,(H,14,15)(H,9,12,16)/t4-,6-/m1/s1. The first-order valence-corrected chi connectivity index (χ1v) is 4.30. The number of carbonyl (C=O) groups is 1. The molecule has 4 N–H and O–H groups in total. The maximum absolute atomic E-state index is 11.1. The largest absolute Gasteiger partial charge is 0.479 e. The summed E-state index contributed by atoms with van der Waals surface area (Å²) in [5.41, 5.74) is -1.39. The topological polar surface area (TPSA) is 133 Å². The van der Waals surface area contributed by atoms with Crippen molar-refractivity contribution in [3.05, 3.63) is 33.1 Å². The maximum Gasteiger partial charge on any atom is 0.335 e. The Balaban J connectivity index is 2.85. The Hall–Kier alpha value is -1.93. The number of hydrogen-bond donors (Lipinski definition) is 4. The number of aliphatic hydroxyl groups is 2. The van der Waals surface area contributed by atoms with Crippen LogP contribution < -0.4 is 11.2 Å². The van der Waals surface area contributed by atoms with Gasteiger partial charge in [0.25, 0.3) is 5.56 Å². The van der Waals surface area contributed by atoms with Gasteiger partial charge in [0, 0.05) is 12.3 Å². The van der Waals surface area contributed by atoms with Crippen molar-refractivity contribution in [1.29, 1.82) is 0 Å². The number of nitrogens with zero attached hydrogens (tertiary/aromatic N) is 1. The van der Waals surface area contributed by atoms with Gasteiger partial charge in [-0.05, 0) is 0 Å². The van der Waals surface area contributed by atoms with E-state index < -0.39 is 36.0 Å². The highest BCUT2D eigenvalue weighted by Crippen LogP contribution is 1.96. The summed E-state index contributed by atoms with van der Waals surface area (Å²) in [6, 6.07) is 1.04. The zero-order chi connectivity index (χ0) is 12.3. The van der Waals surface area contributed by atoms with Crippen LogP contribution in [0, 0.1) is 0 Å². The summed E-state index contributed by atoms with van der Waals surface area (Å²) in [5, 5.41) is 26.6. The molecule has 0 spiro atoms. The first-order chi connectivity index (χ1) is 7.41. The van der Waals surface area contributed by atoms with Gasteiger partial charge in [-0.2, -0.15) is 0 Å². The Morgan fingerprint density at radius 2 is 2.06 bits per heavy atom. The van der Waals surface area contributed by atoms with E-state index in [1.807, 2.05) is 4.98 Å². The summed E-state index contributed by atoms with van der Waals surface area (Å²) in [6.07, 6.45) is -2.53. The normalized spacial score (nSPS) is 14.4. The van der Waals surface area contributed by atoms with Crippen molar-refractivity contribution in [2.45, 2.75) is 18.8 Å². The fourth-order valence-electron chi connectivity index (χ4n) is 1.05. The number of H-pyrrole nitrogens is 1. The molecular weight excluding hydrogens is 220 g/mol. The minimum Gasteiger partial charge on any atom is -0.479 e. The Kier molecular flexibility index (Phi) is 3.59.